The lowest BCUT2D eigenvalue weighted by Gasteiger charge is -2.36. The van der Waals surface area contributed by atoms with Crippen LogP contribution < -0.4 is 0 Å². The molecule has 2 rings (SSSR count). The molecule has 1 aromatic carbocycles. The Morgan fingerprint density at radius 3 is 2.17 bits per heavy atom. The van der Waals surface area contributed by atoms with Gasteiger partial charge in [-0.1, -0.05) is 12.1 Å². The molecule has 3 amide bonds. The molecule has 7 heteroatoms. The van der Waals surface area contributed by atoms with E-state index in [2.05, 4.69) is 4.90 Å². The van der Waals surface area contributed by atoms with Crippen LogP contribution in [0.2, 0.25) is 0 Å². The van der Waals surface area contributed by atoms with Gasteiger partial charge >= 0.3 is 6.03 Å². The number of benzene rings is 1. The van der Waals surface area contributed by atoms with Gasteiger partial charge in [0.15, 0.2) is 0 Å². The maximum Gasteiger partial charge on any atom is 0.319 e. The van der Waals surface area contributed by atoms with Gasteiger partial charge in [-0.3, -0.25) is 9.69 Å². The summed E-state index contributed by atoms with van der Waals surface area (Å²) in [6.07, 6.45) is 0. The number of likely N-dealkylation sites (N-methyl/N-ethyl adjacent to an activating group) is 1. The van der Waals surface area contributed by atoms with Gasteiger partial charge in [0.05, 0.1) is 6.54 Å². The first-order valence-electron chi connectivity index (χ1n) is 8.04. The van der Waals surface area contributed by atoms with Crippen molar-refractivity contribution < 1.29 is 14.0 Å². The van der Waals surface area contributed by atoms with Crippen LogP contribution in [0, 0.1) is 5.82 Å². The van der Waals surface area contributed by atoms with Crippen LogP contribution in [-0.4, -0.2) is 85.4 Å². The second-order valence-corrected chi connectivity index (χ2v) is 6.32. The number of halogens is 1. The first-order chi connectivity index (χ1) is 11.4. The van der Waals surface area contributed by atoms with E-state index in [0.29, 0.717) is 39.3 Å². The van der Waals surface area contributed by atoms with Crippen molar-refractivity contribution in [1.29, 1.82) is 0 Å². The van der Waals surface area contributed by atoms with E-state index in [1.165, 1.54) is 12.1 Å². The van der Waals surface area contributed by atoms with Crippen molar-refractivity contribution in [3.63, 3.8) is 0 Å². The van der Waals surface area contributed by atoms with Gasteiger partial charge in [0.2, 0.25) is 5.91 Å². The Morgan fingerprint density at radius 1 is 1.04 bits per heavy atom. The van der Waals surface area contributed by atoms with Crippen LogP contribution in [0.25, 0.3) is 0 Å². The second-order valence-electron chi connectivity index (χ2n) is 6.32. The second kappa shape index (κ2) is 8.10. The summed E-state index contributed by atoms with van der Waals surface area (Å²) >= 11 is 0. The molecule has 0 aromatic heterocycles. The molecule has 1 aromatic rings. The Kier molecular flexibility index (Phi) is 6.14. The lowest BCUT2D eigenvalue weighted by molar-refractivity contribution is -0.132. The number of hydrogen-bond acceptors (Lipinski definition) is 3. The average molecular weight is 336 g/mol. The minimum atomic E-state index is -0.280. The Hall–Kier alpha value is -2.15. The van der Waals surface area contributed by atoms with E-state index < -0.39 is 0 Å². The zero-order chi connectivity index (χ0) is 17.7. The fourth-order valence-corrected chi connectivity index (χ4v) is 2.64. The number of hydrogen-bond donors (Lipinski definition) is 0. The molecule has 24 heavy (non-hydrogen) atoms. The summed E-state index contributed by atoms with van der Waals surface area (Å²) in [4.78, 5) is 31.3. The largest absolute Gasteiger partial charge is 0.340 e. The summed E-state index contributed by atoms with van der Waals surface area (Å²) in [5, 5.41) is 0. The molecule has 1 saturated heterocycles. The number of piperazine rings is 1. The molecule has 0 unspecified atom stereocenters. The highest BCUT2D eigenvalue weighted by Crippen LogP contribution is 2.08. The number of amides is 3. The summed E-state index contributed by atoms with van der Waals surface area (Å²) in [5.74, 6) is -0.260. The molecular formula is C17H25FN4O2. The monoisotopic (exact) mass is 336 g/mol. The molecule has 1 aliphatic rings. The minimum absolute atomic E-state index is 0.00871. The molecule has 0 atom stereocenters. The number of urea groups is 1. The molecule has 6 nitrogen and oxygen atoms in total. The standard InChI is InChI=1S/C17H25FN4O2/c1-19(2)17(24)22-10-8-21(9-11-22)13-16(23)20(3)12-14-4-6-15(18)7-5-14/h4-7H,8-13H2,1-3H3. The van der Waals surface area contributed by atoms with Crippen LogP contribution in [0.4, 0.5) is 9.18 Å². The average Bonchev–Trinajstić information content (AvgIpc) is 2.56. The number of carbonyl (C=O) groups is 2. The number of nitrogens with zero attached hydrogens (tertiary/aromatic N) is 4. The zero-order valence-electron chi connectivity index (χ0n) is 14.5. The van der Waals surface area contributed by atoms with Crippen LogP contribution >= 0.6 is 0 Å². The highest BCUT2D eigenvalue weighted by atomic mass is 19.1. The molecule has 0 saturated carbocycles. The van der Waals surface area contributed by atoms with Crippen molar-refractivity contribution in [2.45, 2.75) is 6.54 Å². The molecular weight excluding hydrogens is 311 g/mol. The molecule has 132 valence electrons. The fraction of sp³-hybridized carbons (Fsp3) is 0.529. The van der Waals surface area contributed by atoms with Gasteiger partial charge in [-0.15, -0.1) is 0 Å². The van der Waals surface area contributed by atoms with Gasteiger partial charge < -0.3 is 14.7 Å². The predicted molar refractivity (Wildman–Crippen MR) is 90.0 cm³/mol. The van der Waals surface area contributed by atoms with Crippen molar-refractivity contribution in [3.05, 3.63) is 35.6 Å². The summed E-state index contributed by atoms with van der Waals surface area (Å²) in [7, 11) is 5.22. The lowest BCUT2D eigenvalue weighted by Crippen LogP contribution is -2.53. The normalized spacial score (nSPS) is 15.2. The molecule has 1 fully saturated rings. The molecule has 0 N–H and O–H groups in total. The maximum absolute atomic E-state index is 12.9. The van der Waals surface area contributed by atoms with Gasteiger partial charge in [-0.05, 0) is 17.7 Å². The van der Waals surface area contributed by atoms with Gasteiger partial charge in [0, 0.05) is 53.9 Å². The van der Waals surface area contributed by atoms with Gasteiger partial charge in [-0.2, -0.15) is 0 Å². The van der Waals surface area contributed by atoms with Gasteiger partial charge in [0.1, 0.15) is 5.82 Å². The van der Waals surface area contributed by atoms with E-state index in [1.54, 1.807) is 48.0 Å². The zero-order valence-corrected chi connectivity index (χ0v) is 14.5. The molecule has 0 spiro atoms. The predicted octanol–water partition coefficient (Wildman–Crippen LogP) is 1.08. The first-order valence-corrected chi connectivity index (χ1v) is 8.04. The van der Waals surface area contributed by atoms with E-state index in [1.807, 2.05) is 0 Å². The van der Waals surface area contributed by atoms with E-state index in [9.17, 15) is 14.0 Å². The van der Waals surface area contributed by atoms with Crippen LogP contribution in [0.5, 0.6) is 0 Å². The fourth-order valence-electron chi connectivity index (χ4n) is 2.64. The number of carbonyl (C=O) groups excluding carboxylic acids is 2. The van der Waals surface area contributed by atoms with Crippen molar-refractivity contribution in [2.24, 2.45) is 0 Å². The molecule has 1 aliphatic heterocycles. The highest BCUT2D eigenvalue weighted by Gasteiger charge is 2.24. The summed E-state index contributed by atoms with van der Waals surface area (Å²) in [6, 6.07) is 6.17. The quantitative estimate of drug-likeness (QED) is 0.827. The van der Waals surface area contributed by atoms with E-state index in [4.69, 9.17) is 0 Å². The summed E-state index contributed by atoms with van der Waals surface area (Å²) in [6.45, 7) is 3.43. The minimum Gasteiger partial charge on any atom is -0.340 e. The van der Waals surface area contributed by atoms with Crippen molar-refractivity contribution in [2.75, 3.05) is 53.9 Å². The first kappa shape index (κ1) is 18.2. The third-order valence-corrected chi connectivity index (χ3v) is 4.14. The molecule has 0 radical (unpaired) electrons. The Labute approximate surface area is 142 Å². The van der Waals surface area contributed by atoms with Gasteiger partial charge in [0.25, 0.3) is 0 Å². The van der Waals surface area contributed by atoms with E-state index in [-0.39, 0.29) is 17.8 Å². The molecule has 0 bridgehead atoms. The number of rotatable bonds is 4. The SMILES string of the molecule is CN(C)C(=O)N1CCN(CC(=O)N(C)Cc2ccc(F)cc2)CC1. The van der Waals surface area contributed by atoms with Crippen molar-refractivity contribution in [1.82, 2.24) is 19.6 Å². The Morgan fingerprint density at radius 2 is 1.62 bits per heavy atom. The topological polar surface area (TPSA) is 47.1 Å². The van der Waals surface area contributed by atoms with Crippen LogP contribution in [0.15, 0.2) is 24.3 Å². The van der Waals surface area contributed by atoms with E-state index >= 15 is 0 Å². The highest BCUT2D eigenvalue weighted by molar-refractivity contribution is 5.78. The van der Waals surface area contributed by atoms with Crippen molar-refractivity contribution >= 4 is 11.9 Å². The Balaban J connectivity index is 1.78. The van der Waals surface area contributed by atoms with Gasteiger partial charge in [-0.25, -0.2) is 9.18 Å². The summed E-state index contributed by atoms with van der Waals surface area (Å²) < 4.78 is 12.9. The summed E-state index contributed by atoms with van der Waals surface area (Å²) in [5.41, 5.74) is 0.897. The molecule has 0 aliphatic carbocycles. The third-order valence-electron chi connectivity index (χ3n) is 4.14. The van der Waals surface area contributed by atoms with Crippen LogP contribution in [0.1, 0.15) is 5.56 Å². The van der Waals surface area contributed by atoms with E-state index in [0.717, 1.165) is 5.56 Å². The maximum atomic E-state index is 12.9. The van der Waals surface area contributed by atoms with Crippen LogP contribution in [-0.2, 0) is 11.3 Å². The smallest absolute Gasteiger partial charge is 0.319 e. The van der Waals surface area contributed by atoms with Crippen LogP contribution in [0.3, 0.4) is 0 Å². The Bertz CT molecular complexity index is 568. The lowest BCUT2D eigenvalue weighted by atomic mass is 10.2. The van der Waals surface area contributed by atoms with Crippen molar-refractivity contribution in [3.8, 4) is 0 Å². The third kappa shape index (κ3) is 4.92. The molecule has 1 heterocycles.